The molecule has 88 valence electrons. The van der Waals surface area contributed by atoms with Crippen molar-refractivity contribution >= 4 is 11.9 Å². The summed E-state index contributed by atoms with van der Waals surface area (Å²) in [5.41, 5.74) is 4.91. The summed E-state index contributed by atoms with van der Waals surface area (Å²) in [4.78, 5) is 23.8. The van der Waals surface area contributed by atoms with Crippen LogP contribution in [0.15, 0.2) is 0 Å². The highest BCUT2D eigenvalue weighted by molar-refractivity contribution is 5.86. The van der Waals surface area contributed by atoms with Crippen molar-refractivity contribution in [3.05, 3.63) is 0 Å². The number of aliphatic hydroxyl groups excluding tert-OH is 1. The van der Waals surface area contributed by atoms with Gasteiger partial charge < -0.3 is 21.1 Å². The van der Waals surface area contributed by atoms with E-state index in [-0.39, 0.29) is 12.5 Å². The van der Waals surface area contributed by atoms with Crippen LogP contribution < -0.4 is 11.1 Å². The molecule has 0 fully saturated rings. The minimum Gasteiger partial charge on any atom is -0.396 e. The van der Waals surface area contributed by atoms with Crippen LogP contribution in [0.2, 0.25) is 0 Å². The topological polar surface area (TPSA) is 95.7 Å². The highest BCUT2D eigenvalue weighted by atomic mass is 16.3. The Labute approximate surface area is 89.4 Å². The lowest BCUT2D eigenvalue weighted by Gasteiger charge is -2.24. The molecule has 0 aromatic carbocycles. The highest BCUT2D eigenvalue weighted by Crippen LogP contribution is 1.96. The minimum absolute atomic E-state index is 0.0431. The second-order valence-corrected chi connectivity index (χ2v) is 3.23. The molecule has 0 radical (unpaired) electrons. The SMILES string of the molecule is CCN(CCCO)C(=O)C(C)NC(N)=O. The van der Waals surface area contributed by atoms with Crippen LogP contribution in [0.1, 0.15) is 20.3 Å². The number of hydrogen-bond acceptors (Lipinski definition) is 3. The number of carbonyl (C=O) groups excluding carboxylic acids is 2. The smallest absolute Gasteiger partial charge is 0.312 e. The third kappa shape index (κ3) is 5.21. The predicted octanol–water partition coefficient (Wildman–Crippen LogP) is -0.726. The van der Waals surface area contributed by atoms with Crippen molar-refractivity contribution in [1.82, 2.24) is 10.2 Å². The van der Waals surface area contributed by atoms with Gasteiger partial charge in [-0.25, -0.2) is 4.79 Å². The summed E-state index contributed by atoms with van der Waals surface area (Å²) in [5, 5.41) is 11.0. The van der Waals surface area contributed by atoms with E-state index < -0.39 is 12.1 Å². The third-order valence-electron chi connectivity index (χ3n) is 2.01. The van der Waals surface area contributed by atoms with E-state index in [2.05, 4.69) is 5.32 Å². The number of urea groups is 1. The second kappa shape index (κ2) is 7.05. The van der Waals surface area contributed by atoms with Crippen LogP contribution in [0, 0.1) is 0 Å². The largest absolute Gasteiger partial charge is 0.396 e. The lowest BCUT2D eigenvalue weighted by Crippen LogP contribution is -2.48. The Hall–Kier alpha value is -1.30. The maximum Gasteiger partial charge on any atom is 0.312 e. The standard InChI is InChI=1S/C9H19N3O3/c1-3-12(5-4-6-13)8(14)7(2)11-9(10)15/h7,13H,3-6H2,1-2H3,(H3,10,11,15). The molecule has 15 heavy (non-hydrogen) atoms. The van der Waals surface area contributed by atoms with Gasteiger partial charge in [-0.15, -0.1) is 0 Å². The first-order valence-electron chi connectivity index (χ1n) is 4.98. The number of carbonyl (C=O) groups is 2. The number of aliphatic hydroxyl groups is 1. The van der Waals surface area contributed by atoms with E-state index in [1.54, 1.807) is 11.8 Å². The molecule has 0 saturated carbocycles. The summed E-state index contributed by atoms with van der Waals surface area (Å²) in [5.74, 6) is -0.190. The van der Waals surface area contributed by atoms with Gasteiger partial charge in [0.15, 0.2) is 0 Å². The summed E-state index contributed by atoms with van der Waals surface area (Å²) >= 11 is 0. The zero-order valence-corrected chi connectivity index (χ0v) is 9.19. The van der Waals surface area contributed by atoms with Crippen molar-refractivity contribution in [1.29, 1.82) is 0 Å². The molecule has 0 aliphatic carbocycles. The van der Waals surface area contributed by atoms with Crippen LogP contribution >= 0.6 is 0 Å². The molecule has 4 N–H and O–H groups in total. The summed E-state index contributed by atoms with van der Waals surface area (Å²) in [7, 11) is 0. The number of likely N-dealkylation sites (N-methyl/N-ethyl adjacent to an activating group) is 1. The summed E-state index contributed by atoms with van der Waals surface area (Å²) in [6.07, 6.45) is 0.531. The molecule has 6 heteroatoms. The number of nitrogens with zero attached hydrogens (tertiary/aromatic N) is 1. The molecule has 0 aliphatic heterocycles. The minimum atomic E-state index is -0.714. The van der Waals surface area contributed by atoms with E-state index in [0.29, 0.717) is 19.5 Å². The van der Waals surface area contributed by atoms with Crippen molar-refractivity contribution < 1.29 is 14.7 Å². The fourth-order valence-electron chi connectivity index (χ4n) is 1.23. The molecule has 0 rings (SSSR count). The van der Waals surface area contributed by atoms with Gasteiger partial charge in [-0.1, -0.05) is 0 Å². The molecule has 0 saturated heterocycles. The van der Waals surface area contributed by atoms with Gasteiger partial charge >= 0.3 is 6.03 Å². The molecular weight excluding hydrogens is 198 g/mol. The van der Waals surface area contributed by atoms with Gasteiger partial charge in [-0.2, -0.15) is 0 Å². The lowest BCUT2D eigenvalue weighted by molar-refractivity contribution is -0.132. The fourth-order valence-corrected chi connectivity index (χ4v) is 1.23. The zero-order valence-electron chi connectivity index (χ0n) is 9.19. The number of nitrogens with two attached hydrogens (primary N) is 1. The van der Waals surface area contributed by atoms with Crippen LogP contribution in [0.5, 0.6) is 0 Å². The highest BCUT2D eigenvalue weighted by Gasteiger charge is 2.19. The van der Waals surface area contributed by atoms with Crippen LogP contribution in [0.4, 0.5) is 4.79 Å². The molecule has 0 spiro atoms. The van der Waals surface area contributed by atoms with Crippen molar-refractivity contribution in [2.45, 2.75) is 26.3 Å². The van der Waals surface area contributed by atoms with E-state index >= 15 is 0 Å². The van der Waals surface area contributed by atoms with E-state index in [4.69, 9.17) is 10.8 Å². The van der Waals surface area contributed by atoms with Gasteiger partial charge in [0.1, 0.15) is 6.04 Å². The molecular formula is C9H19N3O3. The first kappa shape index (κ1) is 13.7. The van der Waals surface area contributed by atoms with Crippen LogP contribution in [-0.2, 0) is 4.79 Å². The molecule has 0 aromatic rings. The van der Waals surface area contributed by atoms with Gasteiger partial charge in [-0.05, 0) is 20.3 Å². The Bertz CT molecular complexity index is 221. The first-order chi connectivity index (χ1) is 7.02. The maximum absolute atomic E-state index is 11.7. The van der Waals surface area contributed by atoms with Gasteiger partial charge in [0.05, 0.1) is 0 Å². The number of nitrogens with one attached hydrogen (secondary N) is 1. The average molecular weight is 217 g/mol. The van der Waals surface area contributed by atoms with Gasteiger partial charge in [0.2, 0.25) is 5.91 Å². The van der Waals surface area contributed by atoms with Crippen molar-refractivity contribution in [2.24, 2.45) is 5.73 Å². The first-order valence-corrected chi connectivity index (χ1v) is 4.98. The van der Waals surface area contributed by atoms with Crippen molar-refractivity contribution in [2.75, 3.05) is 19.7 Å². The monoisotopic (exact) mass is 217 g/mol. The quantitative estimate of drug-likeness (QED) is 0.547. The molecule has 0 heterocycles. The summed E-state index contributed by atoms with van der Waals surface area (Å²) < 4.78 is 0. The van der Waals surface area contributed by atoms with Crippen LogP contribution in [-0.4, -0.2) is 47.7 Å². The van der Waals surface area contributed by atoms with E-state index in [0.717, 1.165) is 0 Å². The van der Waals surface area contributed by atoms with Gasteiger partial charge in [-0.3, -0.25) is 4.79 Å². The molecule has 0 bridgehead atoms. The van der Waals surface area contributed by atoms with E-state index in [1.165, 1.54) is 0 Å². The molecule has 1 atom stereocenters. The van der Waals surface area contributed by atoms with Crippen LogP contribution in [0.25, 0.3) is 0 Å². The van der Waals surface area contributed by atoms with Gasteiger partial charge in [0.25, 0.3) is 0 Å². The number of hydrogen-bond donors (Lipinski definition) is 3. The van der Waals surface area contributed by atoms with Crippen molar-refractivity contribution in [3.8, 4) is 0 Å². The number of rotatable bonds is 6. The summed E-state index contributed by atoms with van der Waals surface area (Å²) in [6.45, 7) is 4.49. The Morgan fingerprint density at radius 3 is 2.53 bits per heavy atom. The molecule has 1 unspecified atom stereocenters. The molecule has 6 nitrogen and oxygen atoms in total. The Morgan fingerprint density at radius 1 is 1.53 bits per heavy atom. The zero-order chi connectivity index (χ0) is 11.8. The van der Waals surface area contributed by atoms with Gasteiger partial charge in [0, 0.05) is 19.7 Å². The maximum atomic E-state index is 11.7. The number of amides is 3. The Morgan fingerprint density at radius 2 is 2.13 bits per heavy atom. The number of primary amides is 1. The summed E-state index contributed by atoms with van der Waals surface area (Å²) in [6, 6.07) is -1.34. The average Bonchev–Trinajstić information content (AvgIpc) is 2.17. The molecule has 0 aliphatic rings. The Kier molecular flexibility index (Phi) is 6.44. The van der Waals surface area contributed by atoms with Crippen molar-refractivity contribution in [3.63, 3.8) is 0 Å². The lowest BCUT2D eigenvalue weighted by atomic mass is 10.2. The second-order valence-electron chi connectivity index (χ2n) is 3.23. The normalized spacial score (nSPS) is 11.9. The van der Waals surface area contributed by atoms with Crippen LogP contribution in [0.3, 0.4) is 0 Å². The van der Waals surface area contributed by atoms with E-state index in [1.807, 2.05) is 6.92 Å². The molecule has 0 aromatic heterocycles. The Balaban J connectivity index is 4.17. The van der Waals surface area contributed by atoms with E-state index in [9.17, 15) is 9.59 Å². The third-order valence-corrected chi connectivity index (χ3v) is 2.01. The predicted molar refractivity (Wildman–Crippen MR) is 56.1 cm³/mol. The fraction of sp³-hybridized carbons (Fsp3) is 0.778. The molecule has 3 amide bonds.